The quantitative estimate of drug-likeness (QED) is 0.861. The highest BCUT2D eigenvalue weighted by Crippen LogP contribution is 2.31. The first-order chi connectivity index (χ1) is 8.49. The first-order valence-corrected chi connectivity index (χ1v) is 5.01. The maximum atomic E-state index is 13.7. The summed E-state index contributed by atoms with van der Waals surface area (Å²) < 4.78 is 26.8. The van der Waals surface area contributed by atoms with Crippen molar-refractivity contribution in [3.63, 3.8) is 0 Å². The standard InChI is InChI=1S/C13H8F2O3/c14-8-2-4-12(16)10(6-8)9-3-1-7(13(17)18)5-11(9)15/h1-6,16H,(H,17,18). The zero-order chi connectivity index (χ0) is 13.3. The van der Waals surface area contributed by atoms with E-state index in [1.54, 1.807) is 0 Å². The van der Waals surface area contributed by atoms with E-state index in [9.17, 15) is 18.7 Å². The highest BCUT2D eigenvalue weighted by Gasteiger charge is 2.13. The fourth-order valence-corrected chi connectivity index (χ4v) is 1.59. The second kappa shape index (κ2) is 4.44. The lowest BCUT2D eigenvalue weighted by atomic mass is 10.0. The maximum absolute atomic E-state index is 13.7. The van der Waals surface area contributed by atoms with Gasteiger partial charge in [0.25, 0.3) is 0 Å². The van der Waals surface area contributed by atoms with E-state index in [2.05, 4.69) is 0 Å². The van der Waals surface area contributed by atoms with Gasteiger partial charge in [-0.2, -0.15) is 0 Å². The van der Waals surface area contributed by atoms with Crippen LogP contribution in [-0.4, -0.2) is 16.2 Å². The van der Waals surface area contributed by atoms with Gasteiger partial charge >= 0.3 is 5.97 Å². The van der Waals surface area contributed by atoms with E-state index in [4.69, 9.17) is 5.11 Å². The topological polar surface area (TPSA) is 57.5 Å². The number of halogens is 2. The molecule has 0 saturated heterocycles. The van der Waals surface area contributed by atoms with E-state index >= 15 is 0 Å². The predicted octanol–water partition coefficient (Wildman–Crippen LogP) is 3.04. The Morgan fingerprint density at radius 3 is 2.33 bits per heavy atom. The van der Waals surface area contributed by atoms with Crippen molar-refractivity contribution in [3.05, 3.63) is 53.6 Å². The molecule has 0 fully saturated rings. The fraction of sp³-hybridized carbons (Fsp3) is 0. The van der Waals surface area contributed by atoms with Gasteiger partial charge in [-0.05, 0) is 30.3 Å². The molecule has 92 valence electrons. The van der Waals surface area contributed by atoms with Crippen LogP contribution < -0.4 is 0 Å². The third kappa shape index (κ3) is 2.15. The highest BCUT2D eigenvalue weighted by atomic mass is 19.1. The van der Waals surface area contributed by atoms with Crippen molar-refractivity contribution in [1.82, 2.24) is 0 Å². The lowest BCUT2D eigenvalue weighted by Crippen LogP contribution is -1.97. The molecular weight excluding hydrogens is 242 g/mol. The summed E-state index contributed by atoms with van der Waals surface area (Å²) in [5.41, 5.74) is -0.298. The van der Waals surface area contributed by atoms with Crippen molar-refractivity contribution in [2.75, 3.05) is 0 Å². The number of carboxylic acids is 1. The molecule has 0 radical (unpaired) electrons. The Labute approximate surface area is 101 Å². The van der Waals surface area contributed by atoms with Gasteiger partial charge in [0.1, 0.15) is 17.4 Å². The van der Waals surface area contributed by atoms with Crippen molar-refractivity contribution >= 4 is 5.97 Å². The largest absolute Gasteiger partial charge is 0.507 e. The zero-order valence-electron chi connectivity index (χ0n) is 9.02. The first kappa shape index (κ1) is 12.0. The Balaban J connectivity index is 2.58. The van der Waals surface area contributed by atoms with Gasteiger partial charge in [-0.1, -0.05) is 6.07 Å². The van der Waals surface area contributed by atoms with E-state index in [1.807, 2.05) is 0 Å². The Morgan fingerprint density at radius 2 is 1.72 bits per heavy atom. The van der Waals surface area contributed by atoms with Crippen LogP contribution in [0.4, 0.5) is 8.78 Å². The molecule has 0 aromatic heterocycles. The summed E-state index contributed by atoms with van der Waals surface area (Å²) in [6, 6.07) is 6.33. The Kier molecular flexibility index (Phi) is 2.97. The molecule has 2 N–H and O–H groups in total. The monoisotopic (exact) mass is 250 g/mol. The highest BCUT2D eigenvalue weighted by molar-refractivity contribution is 5.88. The van der Waals surface area contributed by atoms with Crippen LogP contribution in [0.15, 0.2) is 36.4 Å². The molecule has 0 unspecified atom stereocenters. The van der Waals surface area contributed by atoms with Crippen LogP contribution in [-0.2, 0) is 0 Å². The minimum Gasteiger partial charge on any atom is -0.507 e. The molecule has 2 aromatic carbocycles. The summed E-state index contributed by atoms with van der Waals surface area (Å²) in [5.74, 6) is -3.00. The number of hydrogen-bond acceptors (Lipinski definition) is 2. The van der Waals surface area contributed by atoms with Crippen LogP contribution in [0.5, 0.6) is 5.75 Å². The molecule has 2 rings (SSSR count). The molecular formula is C13H8F2O3. The molecule has 0 heterocycles. The third-order valence-corrected chi connectivity index (χ3v) is 2.46. The van der Waals surface area contributed by atoms with E-state index in [0.29, 0.717) is 0 Å². The summed E-state index contributed by atoms with van der Waals surface area (Å²) in [7, 11) is 0. The molecule has 0 saturated carbocycles. The van der Waals surface area contributed by atoms with Crippen molar-refractivity contribution in [3.8, 4) is 16.9 Å². The second-order valence-corrected chi connectivity index (χ2v) is 3.66. The van der Waals surface area contributed by atoms with Gasteiger partial charge in [0.15, 0.2) is 0 Å². The van der Waals surface area contributed by atoms with Gasteiger partial charge in [0, 0.05) is 11.1 Å². The number of aromatic carboxylic acids is 1. The number of phenolic OH excluding ortho intramolecular Hbond substituents is 1. The number of hydrogen-bond donors (Lipinski definition) is 2. The second-order valence-electron chi connectivity index (χ2n) is 3.66. The fourth-order valence-electron chi connectivity index (χ4n) is 1.59. The van der Waals surface area contributed by atoms with Crippen molar-refractivity contribution in [1.29, 1.82) is 0 Å². The molecule has 0 atom stereocenters. The number of carbonyl (C=O) groups is 1. The van der Waals surface area contributed by atoms with E-state index in [1.165, 1.54) is 12.1 Å². The van der Waals surface area contributed by atoms with Gasteiger partial charge in [-0.15, -0.1) is 0 Å². The number of carboxylic acid groups (broad SMARTS) is 1. The number of benzene rings is 2. The van der Waals surface area contributed by atoms with Crippen molar-refractivity contribution in [2.24, 2.45) is 0 Å². The lowest BCUT2D eigenvalue weighted by molar-refractivity contribution is 0.0696. The molecule has 0 bridgehead atoms. The normalized spacial score (nSPS) is 10.3. The van der Waals surface area contributed by atoms with Crippen LogP contribution in [0.3, 0.4) is 0 Å². The SMILES string of the molecule is O=C(O)c1ccc(-c2cc(F)ccc2O)c(F)c1. The van der Waals surface area contributed by atoms with Gasteiger partial charge in [-0.25, -0.2) is 13.6 Å². The van der Waals surface area contributed by atoms with Gasteiger partial charge in [0.2, 0.25) is 0 Å². The summed E-state index contributed by atoms with van der Waals surface area (Å²) in [5, 5.41) is 18.2. The molecule has 0 aliphatic heterocycles. The molecule has 0 aliphatic carbocycles. The average Bonchev–Trinajstić information content (AvgIpc) is 2.32. The van der Waals surface area contributed by atoms with Crippen molar-refractivity contribution < 1.29 is 23.8 Å². The summed E-state index contributed by atoms with van der Waals surface area (Å²) in [4.78, 5) is 10.6. The lowest BCUT2D eigenvalue weighted by Gasteiger charge is -2.07. The molecule has 2 aromatic rings. The van der Waals surface area contributed by atoms with Crippen LogP contribution >= 0.6 is 0 Å². The Morgan fingerprint density at radius 1 is 1.00 bits per heavy atom. The van der Waals surface area contributed by atoms with Gasteiger partial charge in [0.05, 0.1) is 5.56 Å². The van der Waals surface area contributed by atoms with Gasteiger partial charge < -0.3 is 10.2 Å². The minimum absolute atomic E-state index is 0.0237. The predicted molar refractivity (Wildman–Crippen MR) is 60.4 cm³/mol. The van der Waals surface area contributed by atoms with Crippen LogP contribution in [0.1, 0.15) is 10.4 Å². The van der Waals surface area contributed by atoms with Gasteiger partial charge in [-0.3, -0.25) is 0 Å². The Bertz CT molecular complexity index is 624. The number of rotatable bonds is 2. The first-order valence-electron chi connectivity index (χ1n) is 5.01. The Hall–Kier alpha value is -2.43. The molecule has 0 aliphatic rings. The zero-order valence-corrected chi connectivity index (χ0v) is 9.02. The summed E-state index contributed by atoms with van der Waals surface area (Å²) >= 11 is 0. The third-order valence-electron chi connectivity index (χ3n) is 2.46. The van der Waals surface area contributed by atoms with Crippen LogP contribution in [0.25, 0.3) is 11.1 Å². The average molecular weight is 250 g/mol. The summed E-state index contributed by atoms with van der Waals surface area (Å²) in [6.07, 6.45) is 0. The number of phenols is 1. The molecule has 18 heavy (non-hydrogen) atoms. The van der Waals surface area contributed by atoms with E-state index in [-0.39, 0.29) is 22.4 Å². The minimum atomic E-state index is -1.26. The van der Waals surface area contributed by atoms with E-state index in [0.717, 1.165) is 24.3 Å². The molecule has 0 spiro atoms. The molecule has 3 nitrogen and oxygen atoms in total. The maximum Gasteiger partial charge on any atom is 0.335 e. The smallest absolute Gasteiger partial charge is 0.335 e. The van der Waals surface area contributed by atoms with Crippen LogP contribution in [0, 0.1) is 11.6 Å². The van der Waals surface area contributed by atoms with Crippen LogP contribution in [0.2, 0.25) is 0 Å². The molecule has 5 heteroatoms. The summed E-state index contributed by atoms with van der Waals surface area (Å²) in [6.45, 7) is 0. The number of aromatic hydroxyl groups is 1. The van der Waals surface area contributed by atoms with E-state index < -0.39 is 17.6 Å². The van der Waals surface area contributed by atoms with Crippen molar-refractivity contribution in [2.45, 2.75) is 0 Å². The molecule has 0 amide bonds.